The molecule has 110 valence electrons. The average molecular weight is 278 g/mol. The number of aliphatic hydroxyl groups is 1. The van der Waals surface area contributed by atoms with Crippen molar-refractivity contribution in [3.63, 3.8) is 0 Å². The number of methoxy groups -OCH3 is 1. The first-order valence-corrected chi connectivity index (χ1v) is 7.15. The summed E-state index contributed by atoms with van der Waals surface area (Å²) in [6.45, 7) is 8.02. The maximum absolute atomic E-state index is 11.7. The first-order chi connectivity index (χ1) is 9.25. The van der Waals surface area contributed by atoms with E-state index in [1.807, 2.05) is 6.92 Å². The first-order valence-electron chi connectivity index (χ1n) is 7.15. The van der Waals surface area contributed by atoms with Gasteiger partial charge < -0.3 is 14.6 Å². The van der Waals surface area contributed by atoms with E-state index in [0.717, 1.165) is 24.0 Å². The Morgan fingerprint density at radius 1 is 1.50 bits per heavy atom. The summed E-state index contributed by atoms with van der Waals surface area (Å²) < 4.78 is 11.2. The molecule has 2 bridgehead atoms. The molecule has 0 aromatic carbocycles. The summed E-state index contributed by atoms with van der Waals surface area (Å²) in [6, 6.07) is 0. The molecule has 1 heterocycles. The fourth-order valence-corrected chi connectivity index (χ4v) is 4.18. The number of esters is 1. The van der Waals surface area contributed by atoms with Gasteiger partial charge in [-0.25, -0.2) is 4.79 Å². The molecule has 0 spiro atoms. The molecule has 0 saturated heterocycles. The van der Waals surface area contributed by atoms with Gasteiger partial charge in [-0.2, -0.15) is 0 Å². The summed E-state index contributed by atoms with van der Waals surface area (Å²) in [5.41, 5.74) is 0.554. The summed E-state index contributed by atoms with van der Waals surface area (Å²) in [5, 5.41) is 10.8. The van der Waals surface area contributed by atoms with E-state index in [1.54, 1.807) is 13.2 Å². The molecule has 20 heavy (non-hydrogen) atoms. The van der Waals surface area contributed by atoms with E-state index in [9.17, 15) is 9.90 Å². The highest BCUT2D eigenvalue weighted by Gasteiger charge is 2.61. The van der Waals surface area contributed by atoms with Crippen LogP contribution in [0, 0.1) is 11.3 Å². The maximum atomic E-state index is 11.7. The van der Waals surface area contributed by atoms with Crippen LogP contribution in [0.1, 0.15) is 39.5 Å². The molecule has 0 aromatic heterocycles. The smallest absolute Gasteiger partial charge is 0.333 e. The standard InChI is InChI=1S/C16H22O4/c1-10-7-12-9-14(2,15(10,3)18)6-5-11-8-13(17)20-16(11,12)19-4/h8,12,18H,1,5-7,9H2,2-4H3. The van der Waals surface area contributed by atoms with Gasteiger partial charge in [0.1, 0.15) is 0 Å². The summed E-state index contributed by atoms with van der Waals surface area (Å²) in [5.74, 6) is -1.26. The zero-order chi connectivity index (χ0) is 14.8. The SMILES string of the molecule is C=C1CC2CC(C)(CCC3=CC(=O)OC32OC)C1(C)O. The zero-order valence-corrected chi connectivity index (χ0v) is 12.4. The van der Waals surface area contributed by atoms with Gasteiger partial charge in [-0.05, 0) is 38.2 Å². The molecule has 1 N–H and O–H groups in total. The van der Waals surface area contributed by atoms with E-state index in [1.165, 1.54) is 0 Å². The predicted octanol–water partition coefficient (Wildman–Crippen LogP) is 2.33. The molecule has 1 aliphatic heterocycles. The second-order valence-electron chi connectivity index (χ2n) is 6.80. The Morgan fingerprint density at radius 2 is 2.20 bits per heavy atom. The first kappa shape index (κ1) is 13.8. The topological polar surface area (TPSA) is 55.8 Å². The number of hydrogen-bond donors (Lipinski definition) is 1. The van der Waals surface area contributed by atoms with Gasteiger partial charge in [0, 0.05) is 30.1 Å². The molecule has 4 nitrogen and oxygen atoms in total. The van der Waals surface area contributed by atoms with Crippen LogP contribution in [0.3, 0.4) is 0 Å². The maximum Gasteiger partial charge on any atom is 0.333 e. The minimum absolute atomic E-state index is 0.0189. The molecule has 2 fully saturated rings. The lowest BCUT2D eigenvalue weighted by atomic mass is 9.58. The molecule has 3 aliphatic rings. The van der Waals surface area contributed by atoms with Gasteiger partial charge in [0.05, 0.1) is 5.60 Å². The van der Waals surface area contributed by atoms with Crippen LogP contribution in [-0.2, 0) is 14.3 Å². The van der Waals surface area contributed by atoms with Crippen molar-refractivity contribution in [2.75, 3.05) is 7.11 Å². The molecule has 2 aliphatic carbocycles. The van der Waals surface area contributed by atoms with Crippen molar-refractivity contribution in [3.05, 3.63) is 23.8 Å². The Kier molecular flexibility index (Phi) is 2.73. The summed E-state index contributed by atoms with van der Waals surface area (Å²) in [6.07, 6.45) is 4.43. The Bertz CT molecular complexity index is 519. The van der Waals surface area contributed by atoms with Gasteiger partial charge in [-0.15, -0.1) is 0 Å². The Balaban J connectivity index is 2.10. The van der Waals surface area contributed by atoms with E-state index in [4.69, 9.17) is 9.47 Å². The van der Waals surface area contributed by atoms with Crippen LogP contribution in [-0.4, -0.2) is 29.6 Å². The largest absolute Gasteiger partial charge is 0.425 e. The molecular formula is C16H22O4. The number of rotatable bonds is 1. The van der Waals surface area contributed by atoms with E-state index in [2.05, 4.69) is 13.5 Å². The Morgan fingerprint density at radius 3 is 2.85 bits per heavy atom. The van der Waals surface area contributed by atoms with E-state index in [-0.39, 0.29) is 17.3 Å². The third kappa shape index (κ3) is 1.52. The average Bonchev–Trinajstić information content (AvgIpc) is 2.66. The van der Waals surface area contributed by atoms with Crippen molar-refractivity contribution in [2.45, 2.75) is 50.9 Å². The zero-order valence-electron chi connectivity index (χ0n) is 12.4. The Labute approximate surface area is 119 Å². The normalized spacial score (nSPS) is 47.4. The number of carbonyl (C=O) groups excluding carboxylic acids is 1. The minimum Gasteiger partial charge on any atom is -0.425 e. The Hall–Kier alpha value is -1.13. The van der Waals surface area contributed by atoms with E-state index in [0.29, 0.717) is 12.8 Å². The number of hydrogen-bond acceptors (Lipinski definition) is 4. The van der Waals surface area contributed by atoms with Crippen molar-refractivity contribution in [1.82, 2.24) is 0 Å². The minimum atomic E-state index is -0.950. The molecule has 4 heteroatoms. The summed E-state index contributed by atoms with van der Waals surface area (Å²) in [4.78, 5) is 11.7. The summed E-state index contributed by atoms with van der Waals surface area (Å²) in [7, 11) is 1.59. The van der Waals surface area contributed by atoms with Crippen LogP contribution in [0.2, 0.25) is 0 Å². The van der Waals surface area contributed by atoms with Crippen molar-refractivity contribution < 1.29 is 19.4 Å². The van der Waals surface area contributed by atoms with Crippen LogP contribution in [0.25, 0.3) is 0 Å². The summed E-state index contributed by atoms with van der Waals surface area (Å²) >= 11 is 0. The van der Waals surface area contributed by atoms with Crippen molar-refractivity contribution in [1.29, 1.82) is 0 Å². The van der Waals surface area contributed by atoms with Crippen LogP contribution >= 0.6 is 0 Å². The van der Waals surface area contributed by atoms with Gasteiger partial charge in [-0.3, -0.25) is 0 Å². The van der Waals surface area contributed by atoms with Gasteiger partial charge in [0.15, 0.2) is 0 Å². The quantitative estimate of drug-likeness (QED) is 0.591. The van der Waals surface area contributed by atoms with Crippen LogP contribution in [0.4, 0.5) is 0 Å². The van der Waals surface area contributed by atoms with Gasteiger partial charge in [0.2, 0.25) is 5.79 Å². The monoisotopic (exact) mass is 278 g/mol. The van der Waals surface area contributed by atoms with Gasteiger partial charge >= 0.3 is 5.97 Å². The number of carbonyl (C=O) groups is 1. The number of ether oxygens (including phenoxy) is 2. The molecule has 3 rings (SSSR count). The highest BCUT2D eigenvalue weighted by Crippen LogP contribution is 2.59. The third-order valence-corrected chi connectivity index (χ3v) is 5.83. The van der Waals surface area contributed by atoms with Crippen molar-refractivity contribution >= 4 is 5.97 Å². The lowest BCUT2D eigenvalue weighted by molar-refractivity contribution is -0.222. The van der Waals surface area contributed by atoms with Crippen LogP contribution < -0.4 is 0 Å². The highest BCUT2D eigenvalue weighted by molar-refractivity contribution is 5.86. The molecule has 0 radical (unpaired) electrons. The lowest BCUT2D eigenvalue weighted by Gasteiger charge is -2.51. The number of fused-ring (bicyclic) bond motifs is 4. The van der Waals surface area contributed by atoms with Gasteiger partial charge in [0.25, 0.3) is 0 Å². The van der Waals surface area contributed by atoms with Gasteiger partial charge in [-0.1, -0.05) is 13.5 Å². The van der Waals surface area contributed by atoms with Crippen LogP contribution in [0.5, 0.6) is 0 Å². The van der Waals surface area contributed by atoms with Crippen LogP contribution in [0.15, 0.2) is 23.8 Å². The van der Waals surface area contributed by atoms with Crippen molar-refractivity contribution in [2.24, 2.45) is 11.3 Å². The van der Waals surface area contributed by atoms with Crippen molar-refractivity contribution in [3.8, 4) is 0 Å². The molecule has 4 unspecified atom stereocenters. The second-order valence-corrected chi connectivity index (χ2v) is 6.80. The fourth-order valence-electron chi connectivity index (χ4n) is 4.18. The predicted molar refractivity (Wildman–Crippen MR) is 73.7 cm³/mol. The molecule has 4 atom stereocenters. The molecule has 0 amide bonds. The third-order valence-electron chi connectivity index (χ3n) is 5.83. The fraction of sp³-hybridized carbons (Fsp3) is 0.688. The molecular weight excluding hydrogens is 256 g/mol. The highest BCUT2D eigenvalue weighted by atomic mass is 16.7. The van der Waals surface area contributed by atoms with E-state index < -0.39 is 11.4 Å². The van der Waals surface area contributed by atoms with E-state index >= 15 is 0 Å². The lowest BCUT2D eigenvalue weighted by Crippen LogP contribution is -2.53. The second kappa shape index (κ2) is 3.95. The molecule has 0 aromatic rings. The molecule has 2 saturated carbocycles.